The monoisotopic (exact) mass is 240 g/mol. The van der Waals surface area contributed by atoms with Gasteiger partial charge in [-0.2, -0.15) is 0 Å². The average molecular weight is 240 g/mol. The van der Waals surface area contributed by atoms with Gasteiger partial charge in [0.15, 0.2) is 0 Å². The van der Waals surface area contributed by atoms with Gasteiger partial charge in [0, 0.05) is 19.7 Å². The minimum Gasteiger partial charge on any atom is -0.368 e. The van der Waals surface area contributed by atoms with Crippen LogP contribution in [0.2, 0.25) is 0 Å². The van der Waals surface area contributed by atoms with Crippen LogP contribution in [0.3, 0.4) is 0 Å². The summed E-state index contributed by atoms with van der Waals surface area (Å²) in [5.74, 6) is 0.631. The second-order valence-electron chi connectivity index (χ2n) is 5.30. The second-order valence-corrected chi connectivity index (χ2v) is 5.30. The molecule has 0 spiro atoms. The molecule has 1 aliphatic carbocycles. The molecule has 1 saturated heterocycles. The van der Waals surface area contributed by atoms with Crippen LogP contribution in [0.15, 0.2) is 0 Å². The first-order valence-electron chi connectivity index (χ1n) is 6.82. The van der Waals surface area contributed by atoms with E-state index in [0.29, 0.717) is 18.5 Å². The Labute approximate surface area is 103 Å². The van der Waals surface area contributed by atoms with Crippen LogP contribution in [-0.4, -0.2) is 43.2 Å². The van der Waals surface area contributed by atoms with Gasteiger partial charge in [0.05, 0.1) is 0 Å². The van der Waals surface area contributed by atoms with Crippen molar-refractivity contribution in [1.82, 2.24) is 4.90 Å². The summed E-state index contributed by atoms with van der Waals surface area (Å²) >= 11 is 0. The van der Waals surface area contributed by atoms with Crippen LogP contribution >= 0.6 is 0 Å². The van der Waals surface area contributed by atoms with Crippen LogP contribution in [0.5, 0.6) is 0 Å². The number of carbonyl (C=O) groups is 1. The lowest BCUT2D eigenvalue weighted by Crippen LogP contribution is -2.49. The van der Waals surface area contributed by atoms with Gasteiger partial charge in [-0.15, -0.1) is 0 Å². The summed E-state index contributed by atoms with van der Waals surface area (Å²) in [6.07, 6.45) is 6.41. The van der Waals surface area contributed by atoms with Crippen molar-refractivity contribution in [1.29, 1.82) is 0 Å². The SMILES string of the molecule is CN(C(=O)[C@@H]1CCCO1)C1CCCCC1CN. The molecule has 0 aromatic rings. The third-order valence-corrected chi connectivity index (χ3v) is 4.22. The highest BCUT2D eigenvalue weighted by Gasteiger charge is 2.34. The van der Waals surface area contributed by atoms with Gasteiger partial charge in [-0.05, 0) is 38.1 Å². The van der Waals surface area contributed by atoms with Crippen LogP contribution in [0.25, 0.3) is 0 Å². The molecule has 2 fully saturated rings. The predicted molar refractivity (Wildman–Crippen MR) is 66.5 cm³/mol. The maximum absolute atomic E-state index is 12.3. The fourth-order valence-corrected chi connectivity index (χ4v) is 3.14. The van der Waals surface area contributed by atoms with Crippen molar-refractivity contribution >= 4 is 5.91 Å². The summed E-state index contributed by atoms with van der Waals surface area (Å²) in [7, 11) is 1.92. The largest absolute Gasteiger partial charge is 0.368 e. The minimum absolute atomic E-state index is 0.160. The predicted octanol–water partition coefficient (Wildman–Crippen LogP) is 1.14. The van der Waals surface area contributed by atoms with Crippen LogP contribution in [0, 0.1) is 5.92 Å². The first kappa shape index (κ1) is 12.8. The molecular formula is C13H24N2O2. The van der Waals surface area contributed by atoms with Gasteiger partial charge in [0.1, 0.15) is 6.10 Å². The molecule has 0 aromatic carbocycles. The van der Waals surface area contributed by atoms with Crippen molar-refractivity contribution in [3.05, 3.63) is 0 Å². The van der Waals surface area contributed by atoms with E-state index in [0.717, 1.165) is 32.3 Å². The Kier molecular flexibility index (Phi) is 4.40. The van der Waals surface area contributed by atoms with E-state index in [-0.39, 0.29) is 12.0 Å². The fraction of sp³-hybridized carbons (Fsp3) is 0.923. The van der Waals surface area contributed by atoms with Gasteiger partial charge in [-0.1, -0.05) is 12.8 Å². The van der Waals surface area contributed by atoms with Gasteiger partial charge in [0.25, 0.3) is 5.91 Å². The van der Waals surface area contributed by atoms with Crippen LogP contribution in [0.4, 0.5) is 0 Å². The summed E-state index contributed by atoms with van der Waals surface area (Å²) in [5, 5.41) is 0. The summed E-state index contributed by atoms with van der Waals surface area (Å²) in [4.78, 5) is 14.2. The van der Waals surface area contributed by atoms with Gasteiger partial charge < -0.3 is 15.4 Å². The Morgan fingerprint density at radius 3 is 2.71 bits per heavy atom. The van der Waals surface area contributed by atoms with E-state index in [4.69, 9.17) is 10.5 Å². The summed E-state index contributed by atoms with van der Waals surface area (Å²) in [5.41, 5.74) is 5.82. The second kappa shape index (κ2) is 5.83. The molecule has 1 heterocycles. The summed E-state index contributed by atoms with van der Waals surface area (Å²) < 4.78 is 5.47. The fourth-order valence-electron chi connectivity index (χ4n) is 3.14. The van der Waals surface area contributed by atoms with Crippen molar-refractivity contribution in [2.45, 2.75) is 50.7 Å². The number of nitrogens with zero attached hydrogens (tertiary/aromatic N) is 1. The average Bonchev–Trinajstić information content (AvgIpc) is 2.90. The Morgan fingerprint density at radius 1 is 1.29 bits per heavy atom. The third kappa shape index (κ3) is 2.80. The van der Waals surface area contributed by atoms with E-state index in [1.54, 1.807) is 0 Å². The smallest absolute Gasteiger partial charge is 0.251 e. The molecule has 1 aliphatic heterocycles. The lowest BCUT2D eigenvalue weighted by molar-refractivity contribution is -0.143. The van der Waals surface area contributed by atoms with E-state index >= 15 is 0 Å². The zero-order chi connectivity index (χ0) is 12.3. The topological polar surface area (TPSA) is 55.6 Å². The number of hydrogen-bond acceptors (Lipinski definition) is 3. The molecular weight excluding hydrogens is 216 g/mol. The van der Waals surface area contributed by atoms with Gasteiger partial charge >= 0.3 is 0 Å². The van der Waals surface area contributed by atoms with Crippen LogP contribution in [0.1, 0.15) is 38.5 Å². The molecule has 2 rings (SSSR count). The Balaban J connectivity index is 1.96. The van der Waals surface area contributed by atoms with Crippen LogP contribution in [-0.2, 0) is 9.53 Å². The maximum atomic E-state index is 12.3. The Bertz CT molecular complexity index is 264. The van der Waals surface area contributed by atoms with E-state index in [9.17, 15) is 4.79 Å². The maximum Gasteiger partial charge on any atom is 0.251 e. The minimum atomic E-state index is -0.194. The van der Waals surface area contributed by atoms with Gasteiger partial charge in [-0.3, -0.25) is 4.79 Å². The molecule has 1 amide bonds. The molecule has 2 unspecified atom stereocenters. The molecule has 4 nitrogen and oxygen atoms in total. The zero-order valence-electron chi connectivity index (χ0n) is 10.7. The highest BCUT2D eigenvalue weighted by molar-refractivity contribution is 5.81. The quantitative estimate of drug-likeness (QED) is 0.805. The molecule has 3 atom stereocenters. The number of ether oxygens (including phenoxy) is 1. The Morgan fingerprint density at radius 2 is 2.06 bits per heavy atom. The lowest BCUT2D eigenvalue weighted by atomic mass is 9.83. The molecule has 2 aliphatic rings. The van der Waals surface area contributed by atoms with E-state index < -0.39 is 0 Å². The first-order valence-corrected chi connectivity index (χ1v) is 6.82. The van der Waals surface area contributed by atoms with Gasteiger partial charge in [0.2, 0.25) is 0 Å². The summed E-state index contributed by atoms with van der Waals surface area (Å²) in [6.45, 7) is 1.42. The molecule has 98 valence electrons. The van der Waals surface area contributed by atoms with E-state index in [1.165, 1.54) is 12.8 Å². The number of amides is 1. The number of carbonyl (C=O) groups excluding carboxylic acids is 1. The number of likely N-dealkylation sites (N-methyl/N-ethyl adjacent to an activating group) is 1. The van der Waals surface area contributed by atoms with E-state index in [1.807, 2.05) is 11.9 Å². The molecule has 2 N–H and O–H groups in total. The molecule has 0 aromatic heterocycles. The first-order chi connectivity index (χ1) is 8.24. The van der Waals surface area contributed by atoms with Crippen molar-refractivity contribution in [2.24, 2.45) is 11.7 Å². The molecule has 1 saturated carbocycles. The Hall–Kier alpha value is -0.610. The number of nitrogens with two attached hydrogens (primary N) is 1. The number of hydrogen-bond donors (Lipinski definition) is 1. The third-order valence-electron chi connectivity index (χ3n) is 4.22. The highest BCUT2D eigenvalue weighted by atomic mass is 16.5. The van der Waals surface area contributed by atoms with Crippen molar-refractivity contribution in [2.75, 3.05) is 20.2 Å². The van der Waals surface area contributed by atoms with Crippen molar-refractivity contribution in [3.63, 3.8) is 0 Å². The molecule has 0 radical (unpaired) electrons. The molecule has 0 bridgehead atoms. The molecule has 4 heteroatoms. The normalized spacial score (nSPS) is 33.6. The lowest BCUT2D eigenvalue weighted by Gasteiger charge is -2.38. The van der Waals surface area contributed by atoms with Crippen molar-refractivity contribution in [3.8, 4) is 0 Å². The molecule has 17 heavy (non-hydrogen) atoms. The van der Waals surface area contributed by atoms with Crippen LogP contribution < -0.4 is 5.73 Å². The van der Waals surface area contributed by atoms with Crippen molar-refractivity contribution < 1.29 is 9.53 Å². The van der Waals surface area contributed by atoms with Gasteiger partial charge in [-0.25, -0.2) is 0 Å². The standard InChI is InChI=1S/C13H24N2O2/c1-15(13(16)12-7-4-8-17-12)11-6-3-2-5-10(11)9-14/h10-12H,2-9,14H2,1H3/t10?,11?,12-/m0/s1. The van der Waals surface area contributed by atoms with E-state index in [2.05, 4.69) is 0 Å². The zero-order valence-corrected chi connectivity index (χ0v) is 10.7. The summed E-state index contributed by atoms with van der Waals surface area (Å²) in [6, 6.07) is 0.324. The number of rotatable bonds is 3. The highest BCUT2D eigenvalue weighted by Crippen LogP contribution is 2.28.